The third kappa shape index (κ3) is 76.1. The fourth-order valence-electron chi connectivity index (χ4n) is 9.60. The van der Waals surface area contributed by atoms with Crippen molar-refractivity contribution in [3.63, 3.8) is 0 Å². The van der Waals surface area contributed by atoms with E-state index in [1.165, 1.54) is 19.3 Å². The van der Waals surface area contributed by atoms with Crippen LogP contribution >= 0.6 is 15.6 Å². The van der Waals surface area contributed by atoms with Gasteiger partial charge in [-0.15, -0.1) is 0 Å². The highest BCUT2D eigenvalue weighted by Gasteiger charge is 2.30. The molecule has 19 heteroatoms. The van der Waals surface area contributed by atoms with Crippen molar-refractivity contribution in [2.45, 2.75) is 290 Å². The molecule has 5 atom stereocenters. The molecule has 0 aliphatic carbocycles. The van der Waals surface area contributed by atoms with Gasteiger partial charge in [0, 0.05) is 25.7 Å². The smallest absolute Gasteiger partial charge is 0.462 e. The molecule has 0 amide bonds. The lowest BCUT2D eigenvalue weighted by molar-refractivity contribution is -0.161. The van der Waals surface area contributed by atoms with Gasteiger partial charge in [0.25, 0.3) is 0 Å². The van der Waals surface area contributed by atoms with Crippen molar-refractivity contribution in [3.05, 3.63) is 194 Å². The maximum Gasteiger partial charge on any atom is 0.472 e. The number of phosphoric ester groups is 2. The van der Waals surface area contributed by atoms with E-state index in [1.54, 1.807) is 0 Å². The van der Waals surface area contributed by atoms with Gasteiger partial charge >= 0.3 is 39.5 Å². The molecule has 106 heavy (non-hydrogen) atoms. The summed E-state index contributed by atoms with van der Waals surface area (Å²) in [6.45, 7) is 4.30. The fourth-order valence-corrected chi connectivity index (χ4v) is 11.2. The van der Waals surface area contributed by atoms with Gasteiger partial charge in [0.05, 0.1) is 26.4 Å². The number of unbranched alkanes of at least 4 members (excludes halogenated alkanes) is 14. The van der Waals surface area contributed by atoms with Crippen LogP contribution in [0.4, 0.5) is 0 Å². The van der Waals surface area contributed by atoms with E-state index in [-0.39, 0.29) is 25.7 Å². The van der Waals surface area contributed by atoms with E-state index >= 15 is 0 Å². The zero-order valence-electron chi connectivity index (χ0n) is 65.3. The quantitative estimate of drug-likeness (QED) is 0.0169. The van der Waals surface area contributed by atoms with Crippen molar-refractivity contribution in [1.82, 2.24) is 0 Å². The number of phosphoric acid groups is 2. The minimum Gasteiger partial charge on any atom is -0.462 e. The van der Waals surface area contributed by atoms with Gasteiger partial charge in [-0.2, -0.15) is 0 Å². The maximum absolute atomic E-state index is 13.1. The van der Waals surface area contributed by atoms with Crippen molar-refractivity contribution >= 4 is 39.5 Å². The summed E-state index contributed by atoms with van der Waals surface area (Å²) in [5.74, 6) is -2.37. The lowest BCUT2D eigenvalue weighted by Crippen LogP contribution is -2.30. The normalized spacial score (nSPS) is 14.9. The third-order valence-corrected chi connectivity index (χ3v) is 17.4. The predicted molar refractivity (Wildman–Crippen MR) is 436 cm³/mol. The van der Waals surface area contributed by atoms with E-state index in [0.29, 0.717) is 38.5 Å². The first-order chi connectivity index (χ1) is 51.7. The number of rotatable bonds is 72. The number of carbonyl (C=O) groups is 4. The topological polar surface area (TPSA) is 237 Å². The molecule has 0 radical (unpaired) electrons. The van der Waals surface area contributed by atoms with Gasteiger partial charge in [0.2, 0.25) is 0 Å². The maximum atomic E-state index is 13.1. The van der Waals surface area contributed by atoms with E-state index in [2.05, 4.69) is 198 Å². The molecule has 3 N–H and O–H groups in total. The summed E-state index contributed by atoms with van der Waals surface area (Å²) in [6.07, 6.45) is 94.2. The van der Waals surface area contributed by atoms with Gasteiger partial charge in [0.1, 0.15) is 19.3 Å². The van der Waals surface area contributed by atoms with Crippen LogP contribution in [0.5, 0.6) is 0 Å². The van der Waals surface area contributed by atoms with Crippen LogP contribution in [-0.2, 0) is 65.4 Å². The Bertz CT molecular complexity index is 2780. The second-order valence-corrected chi connectivity index (χ2v) is 28.4. The fraction of sp³-hybridized carbons (Fsp3) is 0.586. The van der Waals surface area contributed by atoms with Gasteiger partial charge in [0.15, 0.2) is 12.2 Å². The van der Waals surface area contributed by atoms with Crippen molar-refractivity contribution < 1.29 is 80.2 Å². The van der Waals surface area contributed by atoms with E-state index < -0.39 is 97.5 Å². The molecule has 598 valence electrons. The molecule has 17 nitrogen and oxygen atoms in total. The molecule has 5 unspecified atom stereocenters. The molecule has 0 heterocycles. The van der Waals surface area contributed by atoms with E-state index in [0.717, 1.165) is 161 Å². The highest BCUT2D eigenvalue weighted by atomic mass is 31.2. The lowest BCUT2D eigenvalue weighted by Gasteiger charge is -2.21. The third-order valence-electron chi connectivity index (χ3n) is 15.5. The number of hydrogen-bond donors (Lipinski definition) is 3. The van der Waals surface area contributed by atoms with Crippen LogP contribution in [0.3, 0.4) is 0 Å². The molecule has 0 aromatic heterocycles. The van der Waals surface area contributed by atoms with Crippen LogP contribution in [0.2, 0.25) is 0 Å². The number of aliphatic hydroxyl groups is 1. The number of aliphatic hydroxyl groups excluding tert-OH is 1. The predicted octanol–water partition coefficient (Wildman–Crippen LogP) is 23.3. The van der Waals surface area contributed by atoms with E-state index in [9.17, 15) is 43.2 Å². The first-order valence-corrected chi connectivity index (χ1v) is 42.7. The van der Waals surface area contributed by atoms with Crippen molar-refractivity contribution in [2.75, 3.05) is 39.6 Å². The molecule has 0 bridgehead atoms. The molecular weight excluding hydrogens is 1380 g/mol. The minimum atomic E-state index is -5.02. The molecule has 0 aromatic carbocycles. The highest BCUT2D eigenvalue weighted by Crippen LogP contribution is 2.45. The summed E-state index contributed by atoms with van der Waals surface area (Å²) < 4.78 is 68.5. The van der Waals surface area contributed by atoms with Gasteiger partial charge < -0.3 is 33.8 Å². The summed E-state index contributed by atoms with van der Waals surface area (Å²) in [7, 11) is -10.0. The lowest BCUT2D eigenvalue weighted by atomic mass is 10.1. The van der Waals surface area contributed by atoms with Crippen LogP contribution in [0.25, 0.3) is 0 Å². The minimum absolute atomic E-state index is 0.00450. The molecule has 0 saturated carbocycles. The van der Waals surface area contributed by atoms with Crippen molar-refractivity contribution in [1.29, 1.82) is 0 Å². The number of hydrogen-bond acceptors (Lipinski definition) is 15. The number of esters is 4. The van der Waals surface area contributed by atoms with Crippen LogP contribution < -0.4 is 0 Å². The highest BCUT2D eigenvalue weighted by molar-refractivity contribution is 7.47. The average Bonchev–Trinajstić information content (AvgIpc) is 0.902. The Morgan fingerprint density at radius 3 is 0.802 bits per heavy atom. The Labute approximate surface area is 640 Å². The molecular formula is C87H138O17P2. The number of carbonyl (C=O) groups excluding carboxylic acids is 4. The molecule has 0 fully saturated rings. The van der Waals surface area contributed by atoms with Crippen molar-refractivity contribution in [2.24, 2.45) is 0 Å². The standard InChI is InChI=1S/C87H138O17P2/c1-5-9-13-17-21-25-29-33-37-40-44-47-51-55-59-63-67-71-84(89)97-77-82(103-86(91)73-69-65-61-57-53-49-43-36-32-28-24-20-16-12-8-4)79-101-105(93,94)99-75-81(88)76-100-106(95,96)102-80-83(104-87(92)74-70-66-62-58-54-50-46-42-39-35-31-27-23-19-15-11-7-3)78-98-85(90)72-68-64-60-56-52-48-45-41-38-34-30-26-22-18-14-10-6-2/h9-11,13-15,21-28,33-39,43-48,50,56,58,60,62,81-83,88H,5-8,12,16-20,29-32,40-42,49,51-55,57,59,61,63-80H2,1-4H3,(H,93,94)(H,95,96)/b13-9-,14-10-,15-11-,25-21-,26-22-,27-23-,28-24-,37-33-,38-34-,39-35-,43-36-,47-44-,48-45-,50-46-,60-56-,62-58-. The molecule has 0 saturated heterocycles. The Morgan fingerprint density at radius 2 is 0.500 bits per heavy atom. The monoisotopic (exact) mass is 1520 g/mol. The van der Waals surface area contributed by atoms with Crippen LogP contribution in [0.15, 0.2) is 194 Å². The van der Waals surface area contributed by atoms with Crippen molar-refractivity contribution in [3.8, 4) is 0 Å². The Hall–Kier alpha value is -6.10. The number of ether oxygens (including phenoxy) is 4. The zero-order valence-corrected chi connectivity index (χ0v) is 67.1. The largest absolute Gasteiger partial charge is 0.472 e. The summed E-state index contributed by atoms with van der Waals surface area (Å²) >= 11 is 0. The second kappa shape index (κ2) is 77.1. The van der Waals surface area contributed by atoms with Gasteiger partial charge in [-0.3, -0.25) is 37.3 Å². The van der Waals surface area contributed by atoms with Gasteiger partial charge in [-0.25, -0.2) is 9.13 Å². The summed E-state index contributed by atoms with van der Waals surface area (Å²) in [4.78, 5) is 73.0. The van der Waals surface area contributed by atoms with Gasteiger partial charge in [-0.1, -0.05) is 267 Å². The van der Waals surface area contributed by atoms with Crippen LogP contribution in [-0.4, -0.2) is 96.7 Å². The van der Waals surface area contributed by atoms with Gasteiger partial charge in [-0.05, 0) is 173 Å². The van der Waals surface area contributed by atoms with Crippen LogP contribution in [0, 0.1) is 0 Å². The average molecular weight is 1520 g/mol. The summed E-state index contributed by atoms with van der Waals surface area (Å²) in [5.41, 5.74) is 0. The first-order valence-electron chi connectivity index (χ1n) is 39.7. The Kier molecular flexibility index (Phi) is 72.6. The summed E-state index contributed by atoms with van der Waals surface area (Å²) in [6, 6.07) is 0. The SMILES string of the molecule is CC/C=C\C/C=C\C/C=C\C/C=C\C/C=C\CCCC(=O)OCC(COP(=O)(O)OCC(O)COP(=O)(O)OCC(COC(=O)CCCCCC/C=C\C/C=C\C/C=C\C/C=C\CC)OC(=O)CCCCCCC/C=C\C/C=C\CCCCC)OC(=O)CCC/C=C\C/C=C\C/C=C\C/C=C\C/C=C\CC. The number of allylic oxidation sites excluding steroid dienone is 32. The van der Waals surface area contributed by atoms with Crippen LogP contribution in [0.1, 0.15) is 272 Å². The second-order valence-electron chi connectivity index (χ2n) is 25.5. The molecule has 0 rings (SSSR count). The van der Waals surface area contributed by atoms with E-state index in [4.69, 9.17) is 37.0 Å². The van der Waals surface area contributed by atoms with E-state index in [1.807, 2.05) is 24.3 Å². The molecule has 0 spiro atoms. The molecule has 0 aromatic rings. The Balaban J connectivity index is 5.53. The Morgan fingerprint density at radius 1 is 0.274 bits per heavy atom. The molecule has 0 aliphatic rings. The summed E-state index contributed by atoms with van der Waals surface area (Å²) in [5, 5.41) is 10.6. The first kappa shape index (κ1) is 99.9. The zero-order chi connectivity index (χ0) is 77.4. The molecule has 0 aliphatic heterocycles.